The first-order valence-electron chi connectivity index (χ1n) is 5.72. The van der Waals surface area contributed by atoms with Gasteiger partial charge in [-0.25, -0.2) is 0 Å². The molecule has 0 radical (unpaired) electrons. The fourth-order valence-electron chi connectivity index (χ4n) is 2.03. The van der Waals surface area contributed by atoms with Crippen molar-refractivity contribution < 1.29 is 4.52 Å². The summed E-state index contributed by atoms with van der Waals surface area (Å²) in [6.45, 7) is 2.36. The summed E-state index contributed by atoms with van der Waals surface area (Å²) in [7, 11) is 0. The highest BCUT2D eigenvalue weighted by atomic mass is 32.1. The molecule has 3 aromatic rings. The van der Waals surface area contributed by atoms with Crippen molar-refractivity contribution in [1.29, 1.82) is 5.26 Å². The van der Waals surface area contributed by atoms with E-state index in [9.17, 15) is 0 Å². The molecule has 2 aromatic heterocycles. The van der Waals surface area contributed by atoms with Gasteiger partial charge < -0.3 is 14.1 Å². The van der Waals surface area contributed by atoms with Crippen molar-refractivity contribution in [2.45, 2.75) is 13.5 Å². The van der Waals surface area contributed by atoms with Crippen LogP contribution >= 0.6 is 12.2 Å². The van der Waals surface area contributed by atoms with Gasteiger partial charge in [0.15, 0.2) is 10.5 Å². The maximum atomic E-state index is 8.96. The molecule has 19 heavy (non-hydrogen) atoms. The molecule has 0 fully saturated rings. The molecule has 94 valence electrons. The van der Waals surface area contributed by atoms with E-state index < -0.39 is 0 Å². The predicted octanol–water partition coefficient (Wildman–Crippen LogP) is 2.92. The number of aryl methyl sites for hydroxylation is 1. The largest absolute Gasteiger partial charge is 0.359 e. The van der Waals surface area contributed by atoms with Crippen LogP contribution in [0.15, 0.2) is 28.8 Å². The zero-order chi connectivity index (χ0) is 13.4. The van der Waals surface area contributed by atoms with Crippen molar-refractivity contribution >= 4 is 23.3 Å². The molecule has 0 amide bonds. The molecule has 0 aliphatic heterocycles. The Morgan fingerprint density at radius 3 is 3.00 bits per heavy atom. The van der Waals surface area contributed by atoms with E-state index in [1.54, 1.807) is 6.07 Å². The zero-order valence-electron chi connectivity index (χ0n) is 10.2. The molecule has 3 rings (SSSR count). The smallest absolute Gasteiger partial charge is 0.178 e. The monoisotopic (exact) mass is 270 g/mol. The fraction of sp³-hybridized carbons (Fsp3) is 0.154. The van der Waals surface area contributed by atoms with E-state index >= 15 is 0 Å². The lowest BCUT2D eigenvalue weighted by Gasteiger charge is -2.01. The van der Waals surface area contributed by atoms with Gasteiger partial charge in [-0.05, 0) is 37.3 Å². The average Bonchev–Trinajstić information content (AvgIpc) is 2.94. The number of H-pyrrole nitrogens is 1. The molecule has 0 spiro atoms. The SMILES string of the molecule is Cc1cc(Cn2c(=S)[nH]c3ccc(C#N)cc32)on1. The summed E-state index contributed by atoms with van der Waals surface area (Å²) in [5, 5.41) is 12.8. The van der Waals surface area contributed by atoms with Crippen molar-refractivity contribution in [2.75, 3.05) is 0 Å². The molecule has 0 atom stereocenters. The van der Waals surface area contributed by atoms with Gasteiger partial charge in [-0.3, -0.25) is 0 Å². The average molecular weight is 270 g/mol. The third kappa shape index (κ3) is 2.04. The minimum Gasteiger partial charge on any atom is -0.359 e. The van der Waals surface area contributed by atoms with E-state index in [1.165, 1.54) is 0 Å². The third-order valence-electron chi connectivity index (χ3n) is 2.90. The minimum atomic E-state index is 0.495. The highest BCUT2D eigenvalue weighted by Gasteiger charge is 2.08. The van der Waals surface area contributed by atoms with Crippen LogP contribution in [0.1, 0.15) is 17.0 Å². The second-order valence-electron chi connectivity index (χ2n) is 4.29. The molecule has 0 aliphatic carbocycles. The summed E-state index contributed by atoms with van der Waals surface area (Å²) < 4.78 is 7.69. The lowest BCUT2D eigenvalue weighted by molar-refractivity contribution is 0.373. The lowest BCUT2D eigenvalue weighted by atomic mass is 10.2. The van der Waals surface area contributed by atoms with Gasteiger partial charge in [0.2, 0.25) is 0 Å². The number of imidazole rings is 1. The molecule has 0 bridgehead atoms. The van der Waals surface area contributed by atoms with Gasteiger partial charge in [-0.2, -0.15) is 5.26 Å². The second kappa shape index (κ2) is 4.37. The van der Waals surface area contributed by atoms with Gasteiger partial charge >= 0.3 is 0 Å². The first-order chi connectivity index (χ1) is 9.17. The summed E-state index contributed by atoms with van der Waals surface area (Å²) in [5.41, 5.74) is 3.22. The number of hydrogen-bond acceptors (Lipinski definition) is 4. The normalized spacial score (nSPS) is 10.7. The van der Waals surface area contributed by atoms with Crippen LogP contribution in [0, 0.1) is 23.0 Å². The van der Waals surface area contributed by atoms with Gasteiger partial charge in [-0.1, -0.05) is 5.16 Å². The number of nitriles is 1. The fourth-order valence-corrected chi connectivity index (χ4v) is 2.30. The summed E-state index contributed by atoms with van der Waals surface area (Å²) in [6, 6.07) is 9.42. The minimum absolute atomic E-state index is 0.495. The van der Waals surface area contributed by atoms with E-state index in [-0.39, 0.29) is 0 Å². The molecule has 0 unspecified atom stereocenters. The van der Waals surface area contributed by atoms with Crippen LogP contribution in [-0.2, 0) is 6.54 Å². The van der Waals surface area contributed by atoms with Crippen molar-refractivity contribution in [2.24, 2.45) is 0 Å². The third-order valence-corrected chi connectivity index (χ3v) is 3.22. The van der Waals surface area contributed by atoms with E-state index in [4.69, 9.17) is 22.0 Å². The van der Waals surface area contributed by atoms with Crippen LogP contribution in [0.3, 0.4) is 0 Å². The summed E-state index contributed by atoms with van der Waals surface area (Å²) in [6.07, 6.45) is 0. The van der Waals surface area contributed by atoms with Gasteiger partial charge in [0.05, 0.1) is 34.9 Å². The lowest BCUT2D eigenvalue weighted by Crippen LogP contribution is -1.98. The maximum absolute atomic E-state index is 8.96. The van der Waals surface area contributed by atoms with Gasteiger partial charge in [-0.15, -0.1) is 0 Å². The highest BCUT2D eigenvalue weighted by molar-refractivity contribution is 7.71. The van der Waals surface area contributed by atoms with E-state index in [0.717, 1.165) is 22.5 Å². The second-order valence-corrected chi connectivity index (χ2v) is 4.68. The molecule has 0 aliphatic rings. The van der Waals surface area contributed by atoms with Crippen LogP contribution in [0.2, 0.25) is 0 Å². The van der Waals surface area contributed by atoms with Crippen LogP contribution in [0.25, 0.3) is 11.0 Å². The maximum Gasteiger partial charge on any atom is 0.178 e. The Hall–Kier alpha value is -2.39. The number of hydrogen-bond donors (Lipinski definition) is 1. The van der Waals surface area contributed by atoms with Crippen LogP contribution in [-0.4, -0.2) is 14.7 Å². The van der Waals surface area contributed by atoms with Gasteiger partial charge in [0.25, 0.3) is 0 Å². The van der Waals surface area contributed by atoms with Crippen molar-refractivity contribution in [3.8, 4) is 6.07 Å². The first-order valence-corrected chi connectivity index (χ1v) is 6.13. The van der Waals surface area contributed by atoms with Crippen molar-refractivity contribution in [1.82, 2.24) is 14.7 Å². The Morgan fingerprint density at radius 1 is 1.47 bits per heavy atom. The molecule has 2 heterocycles. The summed E-state index contributed by atoms with van der Waals surface area (Å²) in [4.78, 5) is 3.11. The molecule has 1 aromatic carbocycles. The molecule has 6 heteroatoms. The zero-order valence-corrected chi connectivity index (χ0v) is 11.0. The Bertz CT molecular complexity index is 850. The Balaban J connectivity index is 2.14. The van der Waals surface area contributed by atoms with Crippen molar-refractivity contribution in [3.63, 3.8) is 0 Å². The number of aromatic amines is 1. The van der Waals surface area contributed by atoms with Crippen LogP contribution < -0.4 is 0 Å². The van der Waals surface area contributed by atoms with E-state index in [0.29, 0.717) is 16.9 Å². The quantitative estimate of drug-likeness (QED) is 0.727. The van der Waals surface area contributed by atoms with Gasteiger partial charge in [0, 0.05) is 6.07 Å². The Kier molecular flexibility index (Phi) is 2.69. The molecule has 0 saturated heterocycles. The Morgan fingerprint density at radius 2 is 2.32 bits per heavy atom. The van der Waals surface area contributed by atoms with E-state index in [1.807, 2.05) is 29.7 Å². The Labute approximate surface area is 114 Å². The highest BCUT2D eigenvalue weighted by Crippen LogP contribution is 2.18. The topological polar surface area (TPSA) is 70.5 Å². The van der Waals surface area contributed by atoms with Crippen LogP contribution in [0.4, 0.5) is 0 Å². The number of fused-ring (bicyclic) bond motifs is 1. The molecule has 0 saturated carbocycles. The standard InChI is InChI=1S/C13H10N4OS/c1-8-4-10(18-16-8)7-17-12-5-9(6-14)2-3-11(12)15-13(17)19/h2-5H,7H2,1H3,(H,15,19). The van der Waals surface area contributed by atoms with E-state index in [2.05, 4.69) is 16.2 Å². The predicted molar refractivity (Wildman–Crippen MR) is 72.2 cm³/mol. The number of nitrogens with zero attached hydrogens (tertiary/aromatic N) is 3. The summed E-state index contributed by atoms with van der Waals surface area (Å²) in [5.74, 6) is 0.733. The summed E-state index contributed by atoms with van der Waals surface area (Å²) >= 11 is 5.30. The molecular weight excluding hydrogens is 260 g/mol. The number of nitrogens with one attached hydrogen (secondary N) is 1. The molecular formula is C13H10N4OS. The van der Waals surface area contributed by atoms with Crippen molar-refractivity contribution in [3.05, 3.63) is 46.1 Å². The number of benzene rings is 1. The van der Waals surface area contributed by atoms with Gasteiger partial charge in [0.1, 0.15) is 0 Å². The van der Waals surface area contributed by atoms with Crippen LogP contribution in [0.5, 0.6) is 0 Å². The number of rotatable bonds is 2. The first kappa shape index (κ1) is 11.7. The molecule has 5 nitrogen and oxygen atoms in total. The number of aromatic nitrogens is 3. The molecule has 1 N–H and O–H groups in total.